The van der Waals surface area contributed by atoms with Crippen molar-refractivity contribution in [3.8, 4) is 5.75 Å². The molecule has 1 aromatic rings. The van der Waals surface area contributed by atoms with Gasteiger partial charge < -0.3 is 14.9 Å². The van der Waals surface area contributed by atoms with E-state index in [1.807, 2.05) is 0 Å². The predicted octanol–water partition coefficient (Wildman–Crippen LogP) is 3.44. The van der Waals surface area contributed by atoms with Crippen LogP contribution in [0.4, 0.5) is 5.69 Å². The SMILES string of the molecule is COC(=O)c1cccc(N)c1O[Si](C)(C)C(C)(C)C. The Morgan fingerprint density at radius 1 is 1.26 bits per heavy atom. The smallest absolute Gasteiger partial charge is 0.341 e. The maximum atomic E-state index is 11.8. The fourth-order valence-corrected chi connectivity index (χ4v) is 2.39. The zero-order valence-electron chi connectivity index (χ0n) is 12.5. The summed E-state index contributed by atoms with van der Waals surface area (Å²) in [6, 6.07) is 5.12. The molecule has 0 saturated carbocycles. The van der Waals surface area contributed by atoms with E-state index in [2.05, 4.69) is 33.9 Å². The molecule has 0 aromatic heterocycles. The number of ether oxygens (including phenoxy) is 1. The molecule has 1 rings (SSSR count). The Morgan fingerprint density at radius 2 is 1.84 bits per heavy atom. The van der Waals surface area contributed by atoms with Crippen LogP contribution < -0.4 is 10.2 Å². The van der Waals surface area contributed by atoms with Crippen molar-refractivity contribution in [1.29, 1.82) is 0 Å². The molecule has 106 valence electrons. The van der Waals surface area contributed by atoms with Crippen molar-refractivity contribution in [2.75, 3.05) is 12.8 Å². The number of nitrogen functional groups attached to an aromatic ring is 1. The lowest BCUT2D eigenvalue weighted by atomic mass is 10.2. The topological polar surface area (TPSA) is 61.5 Å². The lowest BCUT2D eigenvalue weighted by Gasteiger charge is -2.37. The van der Waals surface area contributed by atoms with E-state index in [1.54, 1.807) is 18.2 Å². The molecule has 0 heterocycles. The van der Waals surface area contributed by atoms with E-state index >= 15 is 0 Å². The number of anilines is 1. The minimum Gasteiger partial charge on any atom is -0.542 e. The highest BCUT2D eigenvalue weighted by atomic mass is 28.4. The molecule has 0 unspecified atom stereocenters. The average molecular weight is 281 g/mol. The molecule has 0 aliphatic rings. The van der Waals surface area contributed by atoms with Crippen LogP contribution in [0.15, 0.2) is 18.2 Å². The van der Waals surface area contributed by atoms with E-state index in [-0.39, 0.29) is 5.04 Å². The standard InChI is InChI=1S/C14H23NO3Si/c1-14(2,3)19(5,6)18-12-10(13(16)17-4)8-7-9-11(12)15/h7-9H,15H2,1-6H3. The lowest BCUT2D eigenvalue weighted by Crippen LogP contribution is -2.44. The number of carbonyl (C=O) groups is 1. The van der Waals surface area contributed by atoms with Crippen molar-refractivity contribution in [2.24, 2.45) is 0 Å². The quantitative estimate of drug-likeness (QED) is 0.524. The van der Waals surface area contributed by atoms with Gasteiger partial charge in [0.05, 0.1) is 12.8 Å². The molecule has 0 aliphatic carbocycles. The zero-order valence-corrected chi connectivity index (χ0v) is 13.5. The van der Waals surface area contributed by atoms with Crippen molar-refractivity contribution < 1.29 is 14.0 Å². The number of hydrogen-bond acceptors (Lipinski definition) is 4. The van der Waals surface area contributed by atoms with Gasteiger partial charge in [0.1, 0.15) is 11.3 Å². The maximum Gasteiger partial charge on any atom is 0.341 e. The normalized spacial score (nSPS) is 12.1. The van der Waals surface area contributed by atoms with Gasteiger partial charge in [0.2, 0.25) is 0 Å². The molecule has 0 atom stereocenters. The first-order valence-electron chi connectivity index (χ1n) is 6.26. The Hall–Kier alpha value is -1.49. The van der Waals surface area contributed by atoms with E-state index in [0.717, 1.165) is 0 Å². The van der Waals surface area contributed by atoms with Gasteiger partial charge in [-0.15, -0.1) is 0 Å². The molecule has 19 heavy (non-hydrogen) atoms. The van der Waals surface area contributed by atoms with Crippen molar-refractivity contribution in [2.45, 2.75) is 38.9 Å². The van der Waals surface area contributed by atoms with Crippen LogP contribution in [0.1, 0.15) is 31.1 Å². The second-order valence-corrected chi connectivity index (χ2v) is 10.8. The molecule has 5 heteroatoms. The Morgan fingerprint density at radius 3 is 2.32 bits per heavy atom. The van der Waals surface area contributed by atoms with Gasteiger partial charge in [-0.25, -0.2) is 4.79 Å². The summed E-state index contributed by atoms with van der Waals surface area (Å²) in [6.45, 7) is 10.6. The number of hydrogen-bond donors (Lipinski definition) is 1. The number of esters is 1. The van der Waals surface area contributed by atoms with E-state index in [4.69, 9.17) is 14.9 Å². The Labute approximate surface area is 116 Å². The summed E-state index contributed by atoms with van der Waals surface area (Å²) >= 11 is 0. The molecule has 0 amide bonds. The third-order valence-electron chi connectivity index (χ3n) is 3.61. The average Bonchev–Trinajstić information content (AvgIpc) is 2.29. The van der Waals surface area contributed by atoms with E-state index in [0.29, 0.717) is 17.0 Å². The van der Waals surface area contributed by atoms with E-state index in [9.17, 15) is 4.79 Å². The van der Waals surface area contributed by atoms with Crippen LogP contribution in [0, 0.1) is 0 Å². The van der Waals surface area contributed by atoms with Gasteiger partial charge in [0.25, 0.3) is 8.32 Å². The van der Waals surface area contributed by atoms with Crippen LogP contribution in [0.5, 0.6) is 5.75 Å². The summed E-state index contributed by atoms with van der Waals surface area (Å²) in [5.41, 5.74) is 6.80. The number of benzene rings is 1. The van der Waals surface area contributed by atoms with E-state index in [1.165, 1.54) is 7.11 Å². The van der Waals surface area contributed by atoms with Gasteiger partial charge in [-0.1, -0.05) is 26.8 Å². The van der Waals surface area contributed by atoms with Crippen LogP contribution in [-0.2, 0) is 4.74 Å². The van der Waals surface area contributed by atoms with Crippen LogP contribution in [0.25, 0.3) is 0 Å². The summed E-state index contributed by atoms with van der Waals surface area (Å²) in [5, 5.41) is 0.0304. The highest BCUT2D eigenvalue weighted by Crippen LogP contribution is 2.40. The van der Waals surface area contributed by atoms with Gasteiger partial charge in [0.15, 0.2) is 0 Å². The first kappa shape index (κ1) is 15.6. The van der Waals surface area contributed by atoms with Crippen molar-refractivity contribution in [3.05, 3.63) is 23.8 Å². The predicted molar refractivity (Wildman–Crippen MR) is 80.0 cm³/mol. The number of nitrogens with two attached hydrogens (primary N) is 1. The monoisotopic (exact) mass is 281 g/mol. The third kappa shape index (κ3) is 3.29. The fourth-order valence-electron chi connectivity index (χ4n) is 1.35. The first-order valence-corrected chi connectivity index (χ1v) is 9.17. The van der Waals surface area contributed by atoms with Gasteiger partial charge in [-0.2, -0.15) is 0 Å². The minimum atomic E-state index is -2.05. The van der Waals surface area contributed by atoms with Crippen LogP contribution in [-0.4, -0.2) is 21.4 Å². The molecule has 0 bridgehead atoms. The zero-order chi connectivity index (χ0) is 14.8. The highest BCUT2D eigenvalue weighted by molar-refractivity contribution is 6.74. The molecule has 0 saturated heterocycles. The van der Waals surface area contributed by atoms with Crippen LogP contribution in [0.3, 0.4) is 0 Å². The molecule has 2 N–H and O–H groups in total. The number of rotatable bonds is 3. The molecule has 1 aromatic carbocycles. The first-order chi connectivity index (χ1) is 8.60. The molecule has 0 aliphatic heterocycles. The Balaban J connectivity index is 3.24. The van der Waals surface area contributed by atoms with E-state index < -0.39 is 14.3 Å². The summed E-state index contributed by atoms with van der Waals surface area (Å²) in [4.78, 5) is 11.8. The van der Waals surface area contributed by atoms with Gasteiger partial charge in [-0.05, 0) is 30.3 Å². The summed E-state index contributed by atoms with van der Waals surface area (Å²) in [7, 11) is -0.706. The largest absolute Gasteiger partial charge is 0.542 e. The molecular weight excluding hydrogens is 258 g/mol. The van der Waals surface area contributed by atoms with Gasteiger partial charge in [0, 0.05) is 0 Å². The molecule has 0 spiro atoms. The number of methoxy groups -OCH3 is 1. The number of carbonyl (C=O) groups excluding carboxylic acids is 1. The molecule has 4 nitrogen and oxygen atoms in total. The molecule has 0 radical (unpaired) electrons. The lowest BCUT2D eigenvalue weighted by molar-refractivity contribution is 0.0598. The summed E-state index contributed by atoms with van der Waals surface area (Å²) in [6.07, 6.45) is 0. The van der Waals surface area contributed by atoms with Crippen LogP contribution in [0.2, 0.25) is 18.1 Å². The highest BCUT2D eigenvalue weighted by Gasteiger charge is 2.40. The Bertz CT molecular complexity index is 478. The van der Waals surface area contributed by atoms with Gasteiger partial charge >= 0.3 is 5.97 Å². The maximum absolute atomic E-state index is 11.8. The minimum absolute atomic E-state index is 0.0304. The van der Waals surface area contributed by atoms with Crippen molar-refractivity contribution in [3.63, 3.8) is 0 Å². The third-order valence-corrected chi connectivity index (χ3v) is 7.94. The van der Waals surface area contributed by atoms with Crippen molar-refractivity contribution in [1.82, 2.24) is 0 Å². The second-order valence-electron chi connectivity index (χ2n) is 6.08. The van der Waals surface area contributed by atoms with Crippen molar-refractivity contribution >= 4 is 20.0 Å². The Kier molecular flexibility index (Phi) is 4.30. The molecular formula is C14H23NO3Si. The number of para-hydroxylation sites is 1. The van der Waals surface area contributed by atoms with Crippen LogP contribution >= 0.6 is 0 Å². The van der Waals surface area contributed by atoms with Gasteiger partial charge in [-0.3, -0.25) is 0 Å². The summed E-state index contributed by atoms with van der Waals surface area (Å²) in [5.74, 6) is 0.0157. The second kappa shape index (κ2) is 5.25. The molecule has 0 fully saturated rings. The fraction of sp³-hybridized carbons (Fsp3) is 0.500. The summed E-state index contributed by atoms with van der Waals surface area (Å²) < 4.78 is 10.9.